The molecule has 1 aromatic carbocycles. The molecule has 0 fully saturated rings. The number of hydrogen-bond donors (Lipinski definition) is 1. The normalized spacial score (nSPS) is 10.9. The number of rotatable bonds is 6. The van der Waals surface area contributed by atoms with Crippen molar-refractivity contribution in [3.63, 3.8) is 0 Å². The fourth-order valence-electron chi connectivity index (χ4n) is 3.47. The zero-order valence-electron chi connectivity index (χ0n) is 18.1. The molecule has 0 aliphatic heterocycles. The molecule has 0 aliphatic rings. The van der Waals surface area contributed by atoms with Crippen molar-refractivity contribution < 1.29 is 19.1 Å². The van der Waals surface area contributed by atoms with Crippen LogP contribution in [-0.4, -0.2) is 40.4 Å². The Morgan fingerprint density at radius 2 is 2.00 bits per heavy atom. The maximum atomic E-state index is 13.0. The summed E-state index contributed by atoms with van der Waals surface area (Å²) >= 11 is 1.52. The topological polar surface area (TPSA) is 95.3 Å². The van der Waals surface area contributed by atoms with Gasteiger partial charge >= 0.3 is 5.97 Å². The second-order valence-electron chi connectivity index (χ2n) is 7.27. The van der Waals surface area contributed by atoms with Crippen molar-refractivity contribution in [1.29, 1.82) is 0 Å². The van der Waals surface area contributed by atoms with Crippen LogP contribution in [0.4, 0.5) is 5.69 Å². The molecule has 0 bridgehead atoms. The molecule has 4 aromatic rings. The molecule has 9 heteroatoms. The molecule has 0 spiro atoms. The van der Waals surface area contributed by atoms with E-state index in [9.17, 15) is 9.59 Å². The summed E-state index contributed by atoms with van der Waals surface area (Å²) in [7, 11) is 3.30. The lowest BCUT2D eigenvalue weighted by Gasteiger charge is -2.12. The van der Waals surface area contributed by atoms with Gasteiger partial charge in [0.05, 0.1) is 40.0 Å². The number of aryl methyl sites for hydroxylation is 3. The standard InChI is InChI=1S/C23H22N4O4S/c1-13-7-8-18(30-4)16(10-13)24-20(28)12-31-23(29)15-11-17(19-6-5-9-32-19)25-22-21(15)14(2)26-27(22)3/h5-11H,12H2,1-4H3,(H,24,28). The molecule has 164 valence electrons. The summed E-state index contributed by atoms with van der Waals surface area (Å²) in [5.74, 6) is -0.552. The lowest BCUT2D eigenvalue weighted by molar-refractivity contribution is -0.119. The van der Waals surface area contributed by atoms with E-state index in [4.69, 9.17) is 9.47 Å². The zero-order valence-corrected chi connectivity index (χ0v) is 18.9. The summed E-state index contributed by atoms with van der Waals surface area (Å²) < 4.78 is 12.3. The third kappa shape index (κ3) is 4.19. The Balaban J connectivity index is 1.58. The van der Waals surface area contributed by atoms with E-state index in [0.29, 0.717) is 39.4 Å². The highest BCUT2D eigenvalue weighted by molar-refractivity contribution is 7.13. The van der Waals surface area contributed by atoms with Gasteiger partial charge in [-0.1, -0.05) is 12.1 Å². The number of amides is 1. The van der Waals surface area contributed by atoms with E-state index in [1.165, 1.54) is 18.4 Å². The first-order valence-electron chi connectivity index (χ1n) is 9.87. The van der Waals surface area contributed by atoms with Crippen molar-refractivity contribution in [2.24, 2.45) is 7.05 Å². The Morgan fingerprint density at radius 3 is 2.72 bits per heavy atom. The average Bonchev–Trinajstić information content (AvgIpc) is 3.40. The number of esters is 1. The van der Waals surface area contributed by atoms with Crippen molar-refractivity contribution in [3.8, 4) is 16.3 Å². The number of fused-ring (bicyclic) bond motifs is 1. The number of anilines is 1. The summed E-state index contributed by atoms with van der Waals surface area (Å²) in [6, 6.07) is 11.0. The van der Waals surface area contributed by atoms with Crippen LogP contribution < -0.4 is 10.1 Å². The molecule has 8 nitrogen and oxygen atoms in total. The van der Waals surface area contributed by atoms with E-state index in [0.717, 1.165) is 10.4 Å². The van der Waals surface area contributed by atoms with Gasteiger partial charge in [-0.05, 0) is 49.1 Å². The number of thiophene rings is 1. The fourth-order valence-corrected chi connectivity index (χ4v) is 4.16. The van der Waals surface area contributed by atoms with Crippen LogP contribution >= 0.6 is 11.3 Å². The van der Waals surface area contributed by atoms with E-state index in [-0.39, 0.29) is 0 Å². The Labute approximate surface area is 188 Å². The Morgan fingerprint density at radius 1 is 1.19 bits per heavy atom. The highest BCUT2D eigenvalue weighted by Crippen LogP contribution is 2.30. The maximum Gasteiger partial charge on any atom is 0.339 e. The molecule has 1 amide bonds. The molecule has 0 aliphatic carbocycles. The number of aromatic nitrogens is 3. The van der Waals surface area contributed by atoms with Gasteiger partial charge in [0.15, 0.2) is 12.3 Å². The van der Waals surface area contributed by atoms with E-state index in [2.05, 4.69) is 15.4 Å². The summed E-state index contributed by atoms with van der Waals surface area (Å²) in [6.45, 7) is 3.28. The van der Waals surface area contributed by atoms with E-state index in [1.807, 2.05) is 37.4 Å². The van der Waals surface area contributed by atoms with Crippen molar-refractivity contribution >= 4 is 39.9 Å². The number of nitrogens with one attached hydrogen (secondary N) is 1. The van der Waals surface area contributed by atoms with Crippen molar-refractivity contribution in [1.82, 2.24) is 14.8 Å². The van der Waals surface area contributed by atoms with Gasteiger partial charge in [0.25, 0.3) is 5.91 Å². The van der Waals surface area contributed by atoms with Gasteiger partial charge in [-0.25, -0.2) is 9.78 Å². The van der Waals surface area contributed by atoms with Gasteiger partial charge in [-0.2, -0.15) is 5.10 Å². The van der Waals surface area contributed by atoms with Crippen molar-refractivity contribution in [2.75, 3.05) is 19.0 Å². The maximum absolute atomic E-state index is 13.0. The van der Waals surface area contributed by atoms with Crippen molar-refractivity contribution in [2.45, 2.75) is 13.8 Å². The molecule has 32 heavy (non-hydrogen) atoms. The zero-order chi connectivity index (χ0) is 22.8. The van der Waals surface area contributed by atoms with Gasteiger partial charge in [0.1, 0.15) is 5.75 Å². The summed E-state index contributed by atoms with van der Waals surface area (Å²) in [5.41, 5.74) is 3.69. The van der Waals surface area contributed by atoms with Crippen LogP contribution in [0.15, 0.2) is 41.8 Å². The lowest BCUT2D eigenvalue weighted by atomic mass is 10.1. The molecule has 4 rings (SSSR count). The van der Waals surface area contributed by atoms with Crippen LogP contribution in [0.3, 0.4) is 0 Å². The van der Waals surface area contributed by atoms with Gasteiger partial charge < -0.3 is 14.8 Å². The summed E-state index contributed by atoms with van der Waals surface area (Å²) in [4.78, 5) is 31.0. The smallest absolute Gasteiger partial charge is 0.339 e. The molecule has 1 N–H and O–H groups in total. The highest BCUT2D eigenvalue weighted by atomic mass is 32.1. The Kier molecular flexibility index (Phi) is 5.91. The quantitative estimate of drug-likeness (QED) is 0.444. The largest absolute Gasteiger partial charge is 0.495 e. The number of benzene rings is 1. The number of methoxy groups -OCH3 is 1. The van der Waals surface area contributed by atoms with Crippen LogP contribution in [0.1, 0.15) is 21.6 Å². The van der Waals surface area contributed by atoms with Crippen LogP contribution in [0, 0.1) is 13.8 Å². The molecule has 0 unspecified atom stereocenters. The average molecular weight is 451 g/mol. The molecule has 3 heterocycles. The first-order chi connectivity index (χ1) is 15.4. The van der Waals surface area contributed by atoms with Gasteiger partial charge in [0, 0.05) is 7.05 Å². The number of carbonyl (C=O) groups is 2. The van der Waals surface area contributed by atoms with Crippen LogP contribution in [0.5, 0.6) is 5.75 Å². The van der Waals surface area contributed by atoms with Crippen LogP contribution in [-0.2, 0) is 16.6 Å². The second-order valence-corrected chi connectivity index (χ2v) is 8.22. The predicted octanol–water partition coefficient (Wildman–Crippen LogP) is 4.12. The van der Waals surface area contributed by atoms with Crippen LogP contribution in [0.2, 0.25) is 0 Å². The minimum absolute atomic E-state index is 0.324. The Hall–Kier alpha value is -3.72. The second kappa shape index (κ2) is 8.80. The molecule has 0 radical (unpaired) electrons. The Bertz CT molecular complexity index is 1310. The molecule has 0 saturated carbocycles. The number of ether oxygens (including phenoxy) is 2. The number of nitrogens with zero attached hydrogens (tertiary/aromatic N) is 3. The molecule has 0 saturated heterocycles. The minimum Gasteiger partial charge on any atom is -0.495 e. The molecule has 0 atom stereocenters. The van der Waals surface area contributed by atoms with E-state index < -0.39 is 18.5 Å². The number of pyridine rings is 1. The summed E-state index contributed by atoms with van der Waals surface area (Å²) in [5, 5.41) is 9.67. The highest BCUT2D eigenvalue weighted by Gasteiger charge is 2.21. The monoisotopic (exact) mass is 450 g/mol. The SMILES string of the molecule is COc1ccc(C)cc1NC(=O)COC(=O)c1cc(-c2cccs2)nc2c1c(C)nn2C. The third-order valence-electron chi connectivity index (χ3n) is 4.93. The molecular formula is C23H22N4O4S. The number of carbonyl (C=O) groups excluding carboxylic acids is 2. The third-order valence-corrected chi connectivity index (χ3v) is 5.82. The van der Waals surface area contributed by atoms with Gasteiger partial charge in [-0.3, -0.25) is 9.48 Å². The van der Waals surface area contributed by atoms with Gasteiger partial charge in [-0.15, -0.1) is 11.3 Å². The number of hydrogen-bond acceptors (Lipinski definition) is 7. The van der Waals surface area contributed by atoms with Crippen molar-refractivity contribution in [3.05, 3.63) is 58.6 Å². The van der Waals surface area contributed by atoms with E-state index >= 15 is 0 Å². The molecule has 3 aromatic heterocycles. The lowest BCUT2D eigenvalue weighted by Crippen LogP contribution is -2.21. The predicted molar refractivity (Wildman–Crippen MR) is 123 cm³/mol. The first-order valence-corrected chi connectivity index (χ1v) is 10.7. The first kappa shape index (κ1) is 21.5. The molecular weight excluding hydrogens is 428 g/mol. The van der Waals surface area contributed by atoms with E-state index in [1.54, 1.807) is 29.9 Å². The minimum atomic E-state index is -0.613. The van der Waals surface area contributed by atoms with Crippen LogP contribution in [0.25, 0.3) is 21.6 Å². The van der Waals surface area contributed by atoms with Gasteiger partial charge in [0.2, 0.25) is 0 Å². The fraction of sp³-hybridized carbons (Fsp3) is 0.217. The summed E-state index contributed by atoms with van der Waals surface area (Å²) in [6.07, 6.45) is 0.